The summed E-state index contributed by atoms with van der Waals surface area (Å²) in [7, 11) is 0. The Kier molecular flexibility index (Phi) is 9.08. The maximum Gasteiger partial charge on any atom is 0.416 e. The van der Waals surface area contributed by atoms with E-state index in [0.29, 0.717) is 63.6 Å². The zero-order valence-corrected chi connectivity index (χ0v) is 23.1. The lowest BCUT2D eigenvalue weighted by molar-refractivity contribution is -0.137. The van der Waals surface area contributed by atoms with Crippen LogP contribution in [0.4, 0.5) is 28.0 Å². The Morgan fingerprint density at radius 3 is 1.62 bits per heavy atom. The molecule has 0 saturated carbocycles. The minimum absolute atomic E-state index is 0.0978. The van der Waals surface area contributed by atoms with Crippen LogP contribution in [0, 0.1) is 5.82 Å². The van der Waals surface area contributed by atoms with E-state index in [1.54, 1.807) is 46.2 Å². The summed E-state index contributed by atoms with van der Waals surface area (Å²) in [5.74, 6) is -0.354. The van der Waals surface area contributed by atoms with Gasteiger partial charge in [0.25, 0.3) is 5.91 Å². The molecule has 3 aromatic carbocycles. The van der Waals surface area contributed by atoms with Crippen molar-refractivity contribution in [3.8, 4) is 0 Å². The second-order valence-corrected chi connectivity index (χ2v) is 10.7. The van der Waals surface area contributed by atoms with E-state index in [2.05, 4.69) is 15.1 Å². The van der Waals surface area contributed by atoms with Crippen molar-refractivity contribution in [3.05, 3.63) is 101 Å². The molecule has 0 bridgehead atoms. The van der Waals surface area contributed by atoms with Gasteiger partial charge in [-0.1, -0.05) is 24.3 Å². The molecule has 3 amide bonds. The van der Waals surface area contributed by atoms with Crippen molar-refractivity contribution in [2.24, 2.45) is 0 Å². The van der Waals surface area contributed by atoms with Gasteiger partial charge < -0.3 is 15.1 Å². The number of alkyl halides is 3. The summed E-state index contributed by atoms with van der Waals surface area (Å²) in [6, 6.07) is 18.3. The number of halogens is 4. The highest BCUT2D eigenvalue weighted by Crippen LogP contribution is 2.29. The summed E-state index contributed by atoms with van der Waals surface area (Å²) in [5, 5.41) is 2.90. The average Bonchev–Trinajstić information content (AvgIpc) is 2.99. The van der Waals surface area contributed by atoms with E-state index in [9.17, 15) is 27.2 Å². The third-order valence-corrected chi connectivity index (χ3v) is 7.71. The van der Waals surface area contributed by atoms with Crippen LogP contribution in [0.5, 0.6) is 0 Å². The molecular weight excluding hydrogens is 550 g/mol. The van der Waals surface area contributed by atoms with E-state index < -0.39 is 11.7 Å². The molecule has 0 unspecified atom stereocenters. The number of rotatable bonds is 6. The lowest BCUT2D eigenvalue weighted by atomic mass is 10.1. The molecule has 3 aromatic rings. The Hall–Kier alpha value is -3.96. The van der Waals surface area contributed by atoms with Crippen molar-refractivity contribution >= 4 is 17.6 Å². The number of hydrogen-bond acceptors (Lipinski definition) is 4. The first-order chi connectivity index (χ1) is 20.1. The first kappa shape index (κ1) is 29.5. The lowest BCUT2D eigenvalue weighted by Gasteiger charge is -2.35. The molecular formula is C31H33F4N5O2. The van der Waals surface area contributed by atoms with Gasteiger partial charge in [0.1, 0.15) is 5.82 Å². The van der Waals surface area contributed by atoms with Gasteiger partial charge in [0, 0.05) is 76.7 Å². The van der Waals surface area contributed by atoms with Crippen LogP contribution < -0.4 is 5.32 Å². The predicted molar refractivity (Wildman–Crippen MR) is 151 cm³/mol. The van der Waals surface area contributed by atoms with Crippen molar-refractivity contribution in [1.82, 2.24) is 19.6 Å². The Morgan fingerprint density at radius 2 is 1.12 bits per heavy atom. The van der Waals surface area contributed by atoms with Crippen molar-refractivity contribution in [3.63, 3.8) is 0 Å². The third-order valence-electron chi connectivity index (χ3n) is 7.71. The number of amides is 3. The molecule has 5 rings (SSSR count). The first-order valence-electron chi connectivity index (χ1n) is 13.9. The van der Waals surface area contributed by atoms with Crippen molar-refractivity contribution < 1.29 is 27.2 Å². The van der Waals surface area contributed by atoms with E-state index >= 15 is 0 Å². The number of nitrogens with zero attached hydrogens (tertiary/aromatic N) is 4. The minimum atomic E-state index is -4.35. The van der Waals surface area contributed by atoms with Crippen molar-refractivity contribution in [2.45, 2.75) is 19.3 Å². The zero-order chi connectivity index (χ0) is 29.7. The fourth-order valence-corrected chi connectivity index (χ4v) is 5.20. The minimum Gasteiger partial charge on any atom is -0.336 e. The first-order valence-corrected chi connectivity index (χ1v) is 13.9. The topological polar surface area (TPSA) is 59.1 Å². The molecule has 2 aliphatic heterocycles. The Bertz CT molecular complexity index is 1350. The highest BCUT2D eigenvalue weighted by atomic mass is 19.4. The van der Waals surface area contributed by atoms with Gasteiger partial charge in [-0.2, -0.15) is 13.2 Å². The largest absolute Gasteiger partial charge is 0.416 e. The molecule has 7 nitrogen and oxygen atoms in total. The molecule has 11 heteroatoms. The van der Waals surface area contributed by atoms with Crippen LogP contribution in [0.1, 0.15) is 27.0 Å². The van der Waals surface area contributed by atoms with E-state index in [1.807, 2.05) is 0 Å². The van der Waals surface area contributed by atoms with Crippen LogP contribution >= 0.6 is 0 Å². The summed E-state index contributed by atoms with van der Waals surface area (Å²) < 4.78 is 51.5. The lowest BCUT2D eigenvalue weighted by Crippen LogP contribution is -2.49. The van der Waals surface area contributed by atoms with E-state index in [1.165, 1.54) is 24.3 Å². The maximum absolute atomic E-state index is 13.1. The van der Waals surface area contributed by atoms with Gasteiger partial charge in [-0.25, -0.2) is 9.18 Å². The maximum atomic E-state index is 13.1. The average molecular weight is 584 g/mol. The number of urea groups is 1. The molecule has 0 aliphatic carbocycles. The molecule has 42 heavy (non-hydrogen) atoms. The van der Waals surface area contributed by atoms with Crippen LogP contribution in [0.15, 0.2) is 72.8 Å². The molecule has 2 heterocycles. The van der Waals surface area contributed by atoms with Crippen LogP contribution in [0.3, 0.4) is 0 Å². The number of nitrogens with one attached hydrogen (secondary N) is 1. The molecule has 1 N–H and O–H groups in total. The number of hydrogen-bond donors (Lipinski definition) is 1. The fourth-order valence-electron chi connectivity index (χ4n) is 5.20. The molecule has 2 saturated heterocycles. The number of benzene rings is 3. The van der Waals surface area contributed by atoms with Crippen LogP contribution in [0.2, 0.25) is 0 Å². The van der Waals surface area contributed by atoms with Gasteiger partial charge in [0.05, 0.1) is 5.56 Å². The normalized spacial score (nSPS) is 16.9. The third kappa shape index (κ3) is 7.65. The monoisotopic (exact) mass is 583 g/mol. The van der Waals surface area contributed by atoms with Gasteiger partial charge >= 0.3 is 12.2 Å². The SMILES string of the molecule is O=C(Nc1ccc(C(=O)N2CCN(Cc3ccc(C(F)(F)F)cc3)CC2)cc1)N1CCN(Cc2ccc(F)cc2)CC1. The number of carbonyl (C=O) groups is 2. The summed E-state index contributed by atoms with van der Waals surface area (Å²) in [6.07, 6.45) is -4.35. The molecule has 2 fully saturated rings. The second kappa shape index (κ2) is 12.9. The summed E-state index contributed by atoms with van der Waals surface area (Å²) in [5.41, 5.74) is 2.30. The molecule has 222 valence electrons. The highest BCUT2D eigenvalue weighted by molar-refractivity contribution is 5.95. The van der Waals surface area contributed by atoms with Crippen LogP contribution in [-0.4, -0.2) is 83.9 Å². The summed E-state index contributed by atoms with van der Waals surface area (Å²) in [6.45, 7) is 6.11. The van der Waals surface area contributed by atoms with E-state index in [0.717, 1.165) is 36.3 Å². The Labute approximate surface area is 242 Å². The Morgan fingerprint density at radius 1 is 0.643 bits per heavy atom. The molecule has 0 aromatic heterocycles. The summed E-state index contributed by atoms with van der Waals surface area (Å²) >= 11 is 0. The summed E-state index contributed by atoms with van der Waals surface area (Å²) in [4.78, 5) is 33.7. The van der Waals surface area contributed by atoms with Gasteiger partial charge in [-0.3, -0.25) is 14.6 Å². The van der Waals surface area contributed by atoms with Gasteiger partial charge in [0.2, 0.25) is 0 Å². The molecule has 0 radical (unpaired) electrons. The van der Waals surface area contributed by atoms with Gasteiger partial charge in [-0.15, -0.1) is 0 Å². The van der Waals surface area contributed by atoms with Crippen LogP contribution in [0.25, 0.3) is 0 Å². The number of anilines is 1. The van der Waals surface area contributed by atoms with Gasteiger partial charge in [-0.05, 0) is 59.7 Å². The highest BCUT2D eigenvalue weighted by Gasteiger charge is 2.30. The molecule has 2 aliphatic rings. The zero-order valence-electron chi connectivity index (χ0n) is 23.1. The molecule has 0 spiro atoms. The fraction of sp³-hybridized carbons (Fsp3) is 0.355. The van der Waals surface area contributed by atoms with Gasteiger partial charge in [0.15, 0.2) is 0 Å². The molecule has 0 atom stereocenters. The van der Waals surface area contributed by atoms with E-state index in [4.69, 9.17) is 0 Å². The Balaban J connectivity index is 1.05. The van der Waals surface area contributed by atoms with Crippen molar-refractivity contribution in [1.29, 1.82) is 0 Å². The number of carbonyl (C=O) groups excluding carboxylic acids is 2. The predicted octanol–water partition coefficient (Wildman–Crippen LogP) is 5.15. The van der Waals surface area contributed by atoms with Crippen LogP contribution in [-0.2, 0) is 19.3 Å². The quantitative estimate of drug-likeness (QED) is 0.408. The smallest absolute Gasteiger partial charge is 0.336 e. The second-order valence-electron chi connectivity index (χ2n) is 10.7. The number of piperazine rings is 2. The standard InChI is InChI=1S/C31H33F4N5O2/c32-27-9-3-24(4-10-27)22-38-15-19-40(20-16-38)30(42)36-28-11-5-25(6-12-28)29(41)39-17-13-37(14-18-39)21-23-1-7-26(8-2-23)31(33,34)35/h1-12H,13-22H2,(H,36,42). The van der Waals surface area contributed by atoms with Crippen molar-refractivity contribution in [2.75, 3.05) is 57.7 Å². The van der Waals surface area contributed by atoms with E-state index in [-0.39, 0.29) is 17.8 Å².